The van der Waals surface area contributed by atoms with Crippen LogP contribution in [0.25, 0.3) is 11.3 Å². The van der Waals surface area contributed by atoms with Crippen LogP contribution in [0.1, 0.15) is 22.5 Å². The molecule has 0 saturated carbocycles. The van der Waals surface area contributed by atoms with E-state index in [2.05, 4.69) is 5.43 Å². The van der Waals surface area contributed by atoms with Crippen LogP contribution in [-0.4, -0.2) is 28.8 Å². The van der Waals surface area contributed by atoms with E-state index in [1.54, 1.807) is 28.9 Å². The maximum Gasteiger partial charge on any atom is 0.303 e. The maximum atomic E-state index is 12.8. The van der Waals surface area contributed by atoms with E-state index < -0.39 is 5.97 Å². The molecule has 1 amide bonds. The average molecular weight is 364 g/mol. The van der Waals surface area contributed by atoms with Gasteiger partial charge in [-0.05, 0) is 24.3 Å². The van der Waals surface area contributed by atoms with Crippen molar-refractivity contribution < 1.29 is 19.4 Å². The van der Waals surface area contributed by atoms with E-state index in [0.717, 1.165) is 11.3 Å². The number of aryl methyl sites for hydroxylation is 1. The molecule has 0 unspecified atom stereocenters. The Morgan fingerprint density at radius 2 is 1.70 bits per heavy atom. The van der Waals surface area contributed by atoms with E-state index in [4.69, 9.17) is 9.84 Å². The van der Waals surface area contributed by atoms with Crippen LogP contribution >= 0.6 is 0 Å². The van der Waals surface area contributed by atoms with Gasteiger partial charge in [-0.1, -0.05) is 42.5 Å². The first-order valence-electron chi connectivity index (χ1n) is 8.52. The number of carboxylic acids is 1. The van der Waals surface area contributed by atoms with Gasteiger partial charge in [-0.15, -0.1) is 0 Å². The molecular formula is C21H20N2O4. The summed E-state index contributed by atoms with van der Waals surface area (Å²) in [5.74, 6) is -0.757. The van der Waals surface area contributed by atoms with Crippen LogP contribution in [0.5, 0.6) is 5.75 Å². The number of amides is 1. The van der Waals surface area contributed by atoms with Crippen LogP contribution < -0.4 is 10.2 Å². The highest BCUT2D eigenvalue weighted by Gasteiger charge is 2.17. The number of carbonyl (C=O) groups is 2. The number of aromatic nitrogens is 1. The number of carboxylic acid groups (broad SMARTS) is 1. The van der Waals surface area contributed by atoms with Crippen molar-refractivity contribution in [1.82, 2.24) is 4.68 Å². The predicted octanol–water partition coefficient (Wildman–Crippen LogP) is 3.56. The summed E-state index contributed by atoms with van der Waals surface area (Å²) in [6, 6.07) is 20.2. The SMILES string of the molecule is COc1ccccc1C(=O)Nn1c(CCC(=O)O)ccc1-c1ccccc1. The lowest BCUT2D eigenvalue weighted by molar-refractivity contribution is -0.136. The minimum atomic E-state index is -0.889. The molecule has 138 valence electrons. The van der Waals surface area contributed by atoms with Crippen LogP contribution in [0.2, 0.25) is 0 Å². The van der Waals surface area contributed by atoms with Gasteiger partial charge in [-0.25, -0.2) is 0 Å². The fourth-order valence-corrected chi connectivity index (χ4v) is 2.87. The third-order valence-electron chi connectivity index (χ3n) is 4.19. The van der Waals surface area contributed by atoms with Crippen LogP contribution in [-0.2, 0) is 11.2 Å². The summed E-state index contributed by atoms with van der Waals surface area (Å²) in [6.07, 6.45) is 0.275. The number of hydrogen-bond acceptors (Lipinski definition) is 3. The quantitative estimate of drug-likeness (QED) is 0.672. The van der Waals surface area contributed by atoms with Gasteiger partial charge >= 0.3 is 5.97 Å². The van der Waals surface area contributed by atoms with Crippen LogP contribution in [0.15, 0.2) is 66.7 Å². The molecular weight excluding hydrogens is 344 g/mol. The zero-order valence-corrected chi connectivity index (χ0v) is 14.9. The van der Waals surface area contributed by atoms with Crippen LogP contribution in [0.4, 0.5) is 0 Å². The summed E-state index contributed by atoms with van der Waals surface area (Å²) in [7, 11) is 1.51. The number of rotatable bonds is 7. The Morgan fingerprint density at radius 1 is 1.00 bits per heavy atom. The molecule has 2 aromatic carbocycles. The maximum absolute atomic E-state index is 12.8. The summed E-state index contributed by atoms with van der Waals surface area (Å²) >= 11 is 0. The van der Waals surface area contributed by atoms with Gasteiger partial charge in [0.25, 0.3) is 5.91 Å². The van der Waals surface area contributed by atoms with Gasteiger partial charge in [0.05, 0.1) is 24.8 Å². The van der Waals surface area contributed by atoms with Crippen molar-refractivity contribution in [3.05, 3.63) is 78.0 Å². The highest BCUT2D eigenvalue weighted by atomic mass is 16.5. The minimum absolute atomic E-state index is 0.0250. The first kappa shape index (κ1) is 18.3. The number of nitrogens with zero attached hydrogens (tertiary/aromatic N) is 1. The zero-order valence-electron chi connectivity index (χ0n) is 14.9. The van der Waals surface area contributed by atoms with E-state index >= 15 is 0 Å². The first-order chi connectivity index (χ1) is 13.1. The van der Waals surface area contributed by atoms with Gasteiger partial charge in [0.2, 0.25) is 0 Å². The molecule has 0 aliphatic carbocycles. The number of hydrogen-bond donors (Lipinski definition) is 2. The molecule has 0 aliphatic heterocycles. The molecule has 0 fully saturated rings. The second kappa shape index (κ2) is 8.23. The third kappa shape index (κ3) is 4.17. The molecule has 0 saturated heterocycles. The Balaban J connectivity index is 1.97. The summed E-state index contributed by atoms with van der Waals surface area (Å²) in [5.41, 5.74) is 5.68. The standard InChI is InChI=1S/C21H20N2O4/c1-27-19-10-6-5-9-17(19)21(26)22-23-16(12-14-20(24)25)11-13-18(23)15-7-3-2-4-8-15/h2-11,13H,12,14H2,1H3,(H,22,26)(H,24,25). The molecule has 3 aromatic rings. The fourth-order valence-electron chi connectivity index (χ4n) is 2.87. The molecule has 3 rings (SSSR count). The summed E-state index contributed by atoms with van der Waals surface area (Å²) in [4.78, 5) is 23.8. The Bertz CT molecular complexity index is 948. The number of methoxy groups -OCH3 is 1. The van der Waals surface area contributed by atoms with Crippen molar-refractivity contribution in [2.24, 2.45) is 0 Å². The number of aliphatic carboxylic acids is 1. The van der Waals surface area contributed by atoms with Gasteiger partial charge in [0.1, 0.15) is 5.75 Å². The third-order valence-corrected chi connectivity index (χ3v) is 4.19. The van der Waals surface area contributed by atoms with Gasteiger partial charge in [0, 0.05) is 17.7 Å². The van der Waals surface area contributed by atoms with Crippen LogP contribution in [0, 0.1) is 0 Å². The van der Waals surface area contributed by atoms with Crippen molar-refractivity contribution in [2.75, 3.05) is 12.5 Å². The average Bonchev–Trinajstić information content (AvgIpc) is 3.09. The van der Waals surface area contributed by atoms with Gasteiger partial charge in [0.15, 0.2) is 0 Å². The van der Waals surface area contributed by atoms with Crippen molar-refractivity contribution in [1.29, 1.82) is 0 Å². The summed E-state index contributed by atoms with van der Waals surface area (Å²) < 4.78 is 6.91. The topological polar surface area (TPSA) is 80.6 Å². The van der Waals surface area contributed by atoms with E-state index in [1.807, 2.05) is 42.5 Å². The largest absolute Gasteiger partial charge is 0.496 e. The molecule has 0 spiro atoms. The van der Waals surface area contributed by atoms with Crippen molar-refractivity contribution in [3.8, 4) is 17.0 Å². The van der Waals surface area contributed by atoms with E-state index in [-0.39, 0.29) is 12.3 Å². The second-order valence-corrected chi connectivity index (χ2v) is 5.95. The molecule has 27 heavy (non-hydrogen) atoms. The predicted molar refractivity (Wildman–Crippen MR) is 103 cm³/mol. The smallest absolute Gasteiger partial charge is 0.303 e. The summed E-state index contributed by atoms with van der Waals surface area (Å²) in [6.45, 7) is 0. The molecule has 6 heteroatoms. The highest BCUT2D eigenvalue weighted by Crippen LogP contribution is 2.23. The molecule has 1 aromatic heterocycles. The number of nitrogens with one attached hydrogen (secondary N) is 1. The van der Waals surface area contributed by atoms with E-state index in [0.29, 0.717) is 23.4 Å². The fraction of sp³-hybridized carbons (Fsp3) is 0.143. The van der Waals surface area contributed by atoms with Gasteiger partial charge < -0.3 is 9.84 Å². The van der Waals surface area contributed by atoms with E-state index in [9.17, 15) is 9.59 Å². The zero-order chi connectivity index (χ0) is 19.2. The lowest BCUT2D eigenvalue weighted by atomic mass is 10.1. The van der Waals surface area contributed by atoms with Crippen LogP contribution in [0.3, 0.4) is 0 Å². The molecule has 1 heterocycles. The lowest BCUT2D eigenvalue weighted by Crippen LogP contribution is -2.26. The molecule has 2 N–H and O–H groups in total. The van der Waals surface area contributed by atoms with Crippen molar-refractivity contribution in [3.63, 3.8) is 0 Å². The van der Waals surface area contributed by atoms with Gasteiger partial charge in [-0.2, -0.15) is 0 Å². The molecule has 6 nitrogen and oxygen atoms in total. The number of carbonyl (C=O) groups excluding carboxylic acids is 1. The number of para-hydroxylation sites is 1. The number of benzene rings is 2. The second-order valence-electron chi connectivity index (χ2n) is 5.95. The molecule has 0 aliphatic rings. The van der Waals surface area contributed by atoms with E-state index in [1.165, 1.54) is 7.11 Å². The Labute approximate surface area is 157 Å². The normalized spacial score (nSPS) is 10.4. The number of ether oxygens (including phenoxy) is 1. The Hall–Kier alpha value is -3.54. The Kier molecular flexibility index (Phi) is 5.56. The monoisotopic (exact) mass is 364 g/mol. The molecule has 0 bridgehead atoms. The summed E-state index contributed by atoms with van der Waals surface area (Å²) in [5, 5.41) is 9.00. The first-order valence-corrected chi connectivity index (χ1v) is 8.52. The van der Waals surface area contributed by atoms with Crippen molar-refractivity contribution in [2.45, 2.75) is 12.8 Å². The highest BCUT2D eigenvalue weighted by molar-refractivity contribution is 6.02. The molecule has 0 radical (unpaired) electrons. The molecule has 0 atom stereocenters. The van der Waals surface area contributed by atoms with Gasteiger partial charge in [-0.3, -0.25) is 19.7 Å². The Morgan fingerprint density at radius 3 is 2.41 bits per heavy atom. The minimum Gasteiger partial charge on any atom is -0.496 e. The van der Waals surface area contributed by atoms with Crippen molar-refractivity contribution >= 4 is 11.9 Å². The lowest BCUT2D eigenvalue weighted by Gasteiger charge is -2.16.